The third kappa shape index (κ3) is 3.21. The highest BCUT2D eigenvalue weighted by Gasteiger charge is 2.32. The van der Waals surface area contributed by atoms with Gasteiger partial charge in [-0.3, -0.25) is 9.69 Å². The van der Waals surface area contributed by atoms with E-state index in [-0.39, 0.29) is 23.5 Å². The van der Waals surface area contributed by atoms with Crippen LogP contribution in [0.2, 0.25) is 0 Å². The van der Waals surface area contributed by atoms with Gasteiger partial charge in [0, 0.05) is 12.1 Å². The lowest BCUT2D eigenvalue weighted by atomic mass is 10.1. The van der Waals surface area contributed by atoms with Crippen LogP contribution in [-0.4, -0.2) is 35.0 Å². The number of hydrogen-bond acceptors (Lipinski definition) is 3. The Morgan fingerprint density at radius 2 is 2.19 bits per heavy atom. The van der Waals surface area contributed by atoms with E-state index in [1.165, 1.54) is 0 Å². The number of likely N-dealkylation sites (tertiary alicyclic amines) is 1. The molecule has 1 aliphatic heterocycles. The van der Waals surface area contributed by atoms with Crippen molar-refractivity contribution in [1.82, 2.24) is 10.2 Å². The van der Waals surface area contributed by atoms with Crippen LogP contribution in [0.3, 0.4) is 0 Å². The summed E-state index contributed by atoms with van der Waals surface area (Å²) in [5, 5.41) is 11.9. The smallest absolute Gasteiger partial charge is 0.237 e. The van der Waals surface area contributed by atoms with Gasteiger partial charge in [0.25, 0.3) is 0 Å². The number of nitrogens with one attached hydrogen (secondary N) is 1. The number of carbonyl (C=O) groups excluding carboxylic acids is 1. The third-order valence-electron chi connectivity index (χ3n) is 2.82. The summed E-state index contributed by atoms with van der Waals surface area (Å²) >= 11 is 0. The fraction of sp³-hybridized carbons (Fsp3) is 0.833. The lowest BCUT2D eigenvalue weighted by molar-refractivity contribution is -0.127. The predicted molar refractivity (Wildman–Crippen MR) is 62.7 cm³/mol. The minimum absolute atomic E-state index is 0.00894. The quantitative estimate of drug-likeness (QED) is 0.767. The first kappa shape index (κ1) is 13.0. The van der Waals surface area contributed by atoms with Crippen LogP contribution in [0.4, 0.5) is 0 Å². The molecule has 0 aromatic carbocycles. The van der Waals surface area contributed by atoms with Gasteiger partial charge in [0.15, 0.2) is 0 Å². The average molecular weight is 223 g/mol. The molecule has 0 aromatic rings. The molecule has 0 aromatic heterocycles. The Bertz CT molecular complexity index is 300. The number of rotatable bonds is 2. The molecular formula is C12H21N3O. The Morgan fingerprint density at radius 3 is 2.69 bits per heavy atom. The van der Waals surface area contributed by atoms with Gasteiger partial charge in [-0.05, 0) is 40.5 Å². The molecule has 4 heteroatoms. The van der Waals surface area contributed by atoms with Gasteiger partial charge < -0.3 is 5.32 Å². The van der Waals surface area contributed by atoms with Gasteiger partial charge in [-0.15, -0.1) is 0 Å². The summed E-state index contributed by atoms with van der Waals surface area (Å²) in [6.45, 7) is 8.60. The Balaban J connectivity index is 2.60. The SMILES string of the molecule is CC(C(=O)NC(C)(C)C)N1CCCC1C#N. The molecule has 1 rings (SSSR count). The molecule has 2 unspecified atom stereocenters. The lowest BCUT2D eigenvalue weighted by Gasteiger charge is -2.29. The second-order valence-corrected chi connectivity index (χ2v) is 5.44. The van der Waals surface area contributed by atoms with Crippen molar-refractivity contribution >= 4 is 5.91 Å². The highest BCUT2D eigenvalue weighted by Crippen LogP contribution is 2.19. The van der Waals surface area contributed by atoms with Crippen molar-refractivity contribution in [2.24, 2.45) is 0 Å². The summed E-state index contributed by atoms with van der Waals surface area (Å²) < 4.78 is 0. The number of nitrogens with zero attached hydrogens (tertiary/aromatic N) is 2. The van der Waals surface area contributed by atoms with Gasteiger partial charge in [0.1, 0.15) is 0 Å². The zero-order valence-electron chi connectivity index (χ0n) is 10.6. The van der Waals surface area contributed by atoms with Gasteiger partial charge in [0.2, 0.25) is 5.91 Å². The van der Waals surface area contributed by atoms with Crippen LogP contribution in [0.5, 0.6) is 0 Å². The molecule has 0 aliphatic carbocycles. The fourth-order valence-electron chi connectivity index (χ4n) is 2.02. The fourth-order valence-corrected chi connectivity index (χ4v) is 2.02. The molecule has 1 heterocycles. The Hall–Kier alpha value is -1.08. The molecule has 1 aliphatic rings. The molecule has 1 amide bonds. The molecule has 1 N–H and O–H groups in total. The highest BCUT2D eigenvalue weighted by atomic mass is 16.2. The van der Waals surface area contributed by atoms with Crippen molar-refractivity contribution in [2.45, 2.75) is 58.2 Å². The summed E-state index contributed by atoms with van der Waals surface area (Å²) in [6, 6.07) is 1.95. The molecule has 0 spiro atoms. The van der Waals surface area contributed by atoms with E-state index >= 15 is 0 Å². The normalized spacial score (nSPS) is 23.8. The molecule has 2 atom stereocenters. The lowest BCUT2D eigenvalue weighted by Crippen LogP contribution is -2.51. The largest absolute Gasteiger partial charge is 0.350 e. The average Bonchev–Trinajstić information content (AvgIpc) is 2.61. The standard InChI is InChI=1S/C12H21N3O/c1-9(11(16)14-12(2,3)4)15-7-5-6-10(15)8-13/h9-10H,5-7H2,1-4H3,(H,14,16). The van der Waals surface area contributed by atoms with E-state index in [0.717, 1.165) is 19.4 Å². The van der Waals surface area contributed by atoms with Gasteiger partial charge in [-0.1, -0.05) is 0 Å². The number of amides is 1. The second kappa shape index (κ2) is 4.84. The van der Waals surface area contributed by atoms with Crippen LogP contribution >= 0.6 is 0 Å². The molecule has 0 radical (unpaired) electrons. The van der Waals surface area contributed by atoms with Gasteiger partial charge >= 0.3 is 0 Å². The summed E-state index contributed by atoms with van der Waals surface area (Å²) in [5.41, 5.74) is -0.215. The number of hydrogen-bond donors (Lipinski definition) is 1. The van der Waals surface area contributed by atoms with Crippen LogP contribution in [0.15, 0.2) is 0 Å². The van der Waals surface area contributed by atoms with Crippen LogP contribution in [-0.2, 0) is 4.79 Å². The summed E-state index contributed by atoms with van der Waals surface area (Å²) in [4.78, 5) is 13.9. The zero-order chi connectivity index (χ0) is 12.3. The minimum atomic E-state index is -0.216. The Morgan fingerprint density at radius 1 is 1.56 bits per heavy atom. The summed E-state index contributed by atoms with van der Waals surface area (Å²) in [6.07, 6.45) is 1.88. The van der Waals surface area contributed by atoms with Gasteiger partial charge in [-0.25, -0.2) is 0 Å². The van der Waals surface area contributed by atoms with E-state index in [1.807, 2.05) is 32.6 Å². The van der Waals surface area contributed by atoms with E-state index < -0.39 is 0 Å². The van der Waals surface area contributed by atoms with Crippen molar-refractivity contribution in [3.63, 3.8) is 0 Å². The van der Waals surface area contributed by atoms with E-state index in [9.17, 15) is 4.79 Å². The first-order chi connectivity index (χ1) is 7.35. The minimum Gasteiger partial charge on any atom is -0.350 e. The van der Waals surface area contributed by atoms with E-state index in [4.69, 9.17) is 5.26 Å². The topological polar surface area (TPSA) is 56.1 Å². The maximum absolute atomic E-state index is 11.9. The van der Waals surface area contributed by atoms with Gasteiger partial charge in [0.05, 0.1) is 18.2 Å². The van der Waals surface area contributed by atoms with Gasteiger partial charge in [-0.2, -0.15) is 5.26 Å². The van der Waals surface area contributed by atoms with Crippen molar-refractivity contribution in [1.29, 1.82) is 5.26 Å². The molecule has 1 saturated heterocycles. The van der Waals surface area contributed by atoms with Crippen molar-refractivity contribution in [3.8, 4) is 6.07 Å². The van der Waals surface area contributed by atoms with Crippen molar-refractivity contribution < 1.29 is 4.79 Å². The molecule has 1 fully saturated rings. The van der Waals surface area contributed by atoms with Crippen LogP contribution in [0.1, 0.15) is 40.5 Å². The number of carbonyl (C=O) groups is 1. The molecule has 16 heavy (non-hydrogen) atoms. The Kier molecular flexibility index (Phi) is 3.93. The first-order valence-electron chi connectivity index (χ1n) is 5.82. The van der Waals surface area contributed by atoms with Crippen LogP contribution in [0, 0.1) is 11.3 Å². The maximum atomic E-state index is 11.9. The summed E-state index contributed by atoms with van der Waals surface area (Å²) in [7, 11) is 0. The van der Waals surface area contributed by atoms with E-state index in [1.54, 1.807) is 0 Å². The van der Waals surface area contributed by atoms with E-state index in [2.05, 4.69) is 11.4 Å². The second-order valence-electron chi connectivity index (χ2n) is 5.44. The zero-order valence-corrected chi connectivity index (χ0v) is 10.6. The van der Waals surface area contributed by atoms with Crippen molar-refractivity contribution in [2.75, 3.05) is 6.54 Å². The number of nitriles is 1. The first-order valence-corrected chi connectivity index (χ1v) is 5.82. The Labute approximate surface area is 97.6 Å². The highest BCUT2D eigenvalue weighted by molar-refractivity contribution is 5.82. The molecule has 0 saturated carbocycles. The van der Waals surface area contributed by atoms with Crippen LogP contribution in [0.25, 0.3) is 0 Å². The van der Waals surface area contributed by atoms with Crippen LogP contribution < -0.4 is 5.32 Å². The third-order valence-corrected chi connectivity index (χ3v) is 2.82. The maximum Gasteiger partial charge on any atom is 0.237 e. The molecule has 90 valence electrons. The summed E-state index contributed by atoms with van der Waals surface area (Å²) in [5.74, 6) is 0.00894. The predicted octanol–water partition coefficient (Wildman–Crippen LogP) is 1.28. The molecule has 0 bridgehead atoms. The van der Waals surface area contributed by atoms with Crippen molar-refractivity contribution in [3.05, 3.63) is 0 Å². The molecule has 4 nitrogen and oxygen atoms in total. The van der Waals surface area contributed by atoms with E-state index in [0.29, 0.717) is 0 Å². The monoisotopic (exact) mass is 223 g/mol. The molecular weight excluding hydrogens is 202 g/mol.